The number of sulfonamides is 1. The Morgan fingerprint density at radius 1 is 0.871 bits per heavy atom. The van der Waals surface area contributed by atoms with Gasteiger partial charge in [0, 0.05) is 21.6 Å². The third-order valence-electron chi connectivity index (χ3n) is 4.43. The monoisotopic (exact) mass is 496 g/mol. The quantitative estimate of drug-likeness (QED) is 0.471. The van der Waals surface area contributed by atoms with Crippen LogP contribution in [0.3, 0.4) is 0 Å². The number of halogens is 3. The van der Waals surface area contributed by atoms with Crippen LogP contribution in [0.15, 0.2) is 71.6 Å². The number of nitrogens with one attached hydrogen (secondary N) is 1. The van der Waals surface area contributed by atoms with E-state index < -0.39 is 22.5 Å². The van der Waals surface area contributed by atoms with E-state index in [9.17, 15) is 13.2 Å². The van der Waals surface area contributed by atoms with E-state index in [1.165, 1.54) is 30.3 Å². The van der Waals surface area contributed by atoms with Crippen LogP contribution in [-0.2, 0) is 21.4 Å². The average molecular weight is 498 g/mol. The van der Waals surface area contributed by atoms with E-state index in [2.05, 4.69) is 5.32 Å². The summed E-state index contributed by atoms with van der Waals surface area (Å²) in [5, 5.41) is 3.83. The van der Waals surface area contributed by atoms with Gasteiger partial charge in [-0.3, -0.25) is 9.10 Å². The normalized spacial score (nSPS) is 11.2. The number of hydrogen-bond acceptors (Lipinski definition) is 3. The molecule has 0 bridgehead atoms. The van der Waals surface area contributed by atoms with Gasteiger partial charge < -0.3 is 5.32 Å². The molecule has 0 atom stereocenters. The summed E-state index contributed by atoms with van der Waals surface area (Å²) in [7, 11) is -4.05. The van der Waals surface area contributed by atoms with Crippen molar-refractivity contribution in [3.05, 3.63) is 92.9 Å². The van der Waals surface area contributed by atoms with Gasteiger partial charge in [-0.2, -0.15) is 0 Å². The van der Waals surface area contributed by atoms with Gasteiger partial charge in [0.05, 0.1) is 10.6 Å². The summed E-state index contributed by atoms with van der Waals surface area (Å²) in [4.78, 5) is 12.7. The highest BCUT2D eigenvalue weighted by molar-refractivity contribution is 7.92. The number of amides is 1. The van der Waals surface area contributed by atoms with E-state index in [0.717, 1.165) is 15.4 Å². The Morgan fingerprint density at radius 2 is 1.45 bits per heavy atom. The molecule has 3 aromatic rings. The highest BCUT2D eigenvalue weighted by Crippen LogP contribution is 2.29. The Labute approximate surface area is 196 Å². The van der Waals surface area contributed by atoms with E-state index >= 15 is 0 Å². The van der Waals surface area contributed by atoms with Crippen LogP contribution in [0.1, 0.15) is 11.1 Å². The molecule has 3 aromatic carbocycles. The lowest BCUT2D eigenvalue weighted by molar-refractivity contribution is -0.119. The third-order valence-corrected chi connectivity index (χ3v) is 6.91. The second-order valence-corrected chi connectivity index (χ2v) is 10.0. The van der Waals surface area contributed by atoms with Gasteiger partial charge in [0.15, 0.2) is 0 Å². The van der Waals surface area contributed by atoms with Crippen molar-refractivity contribution in [1.82, 2.24) is 5.32 Å². The van der Waals surface area contributed by atoms with Crippen LogP contribution in [0.2, 0.25) is 15.1 Å². The maximum atomic E-state index is 13.4. The van der Waals surface area contributed by atoms with Crippen LogP contribution in [0.25, 0.3) is 0 Å². The largest absolute Gasteiger partial charge is 0.350 e. The van der Waals surface area contributed by atoms with Gasteiger partial charge in [0.1, 0.15) is 6.54 Å². The molecule has 0 aromatic heterocycles. The zero-order chi connectivity index (χ0) is 22.6. The Morgan fingerprint density at radius 3 is 2.03 bits per heavy atom. The first kappa shape index (κ1) is 23.4. The zero-order valence-corrected chi connectivity index (χ0v) is 19.6. The maximum absolute atomic E-state index is 13.4. The topological polar surface area (TPSA) is 66.5 Å². The van der Waals surface area contributed by atoms with Crippen molar-refractivity contribution in [2.24, 2.45) is 0 Å². The van der Waals surface area contributed by atoms with E-state index in [1.54, 1.807) is 36.4 Å². The molecule has 0 heterocycles. The molecule has 0 aliphatic rings. The molecule has 0 aliphatic carbocycles. The number of nitrogens with zero attached hydrogens (tertiary/aromatic N) is 1. The Balaban J connectivity index is 1.89. The number of rotatable bonds is 7. The van der Waals surface area contributed by atoms with Crippen LogP contribution in [0.4, 0.5) is 5.69 Å². The first-order chi connectivity index (χ1) is 14.6. The Kier molecular flexibility index (Phi) is 7.49. The molecule has 9 heteroatoms. The molecular weight excluding hydrogens is 479 g/mol. The van der Waals surface area contributed by atoms with Gasteiger partial charge in [-0.1, -0.05) is 64.6 Å². The molecule has 31 heavy (non-hydrogen) atoms. The predicted octanol–water partition coefficient (Wildman–Crippen LogP) is 5.47. The molecular formula is C22H19Cl3N2O3S. The second-order valence-electron chi connectivity index (χ2n) is 6.86. The standard InChI is InChI=1S/C22H19Cl3N2O3S/c1-15-2-8-21(9-3-15)31(29,30)27(20-11-18(24)10-19(25)12-20)14-22(28)26-13-16-4-6-17(23)7-5-16/h2-12H,13-14H2,1H3,(H,26,28). The summed E-state index contributed by atoms with van der Waals surface area (Å²) in [5.41, 5.74) is 1.94. The van der Waals surface area contributed by atoms with Crippen LogP contribution in [0.5, 0.6) is 0 Å². The van der Waals surface area contributed by atoms with Crippen molar-refractivity contribution < 1.29 is 13.2 Å². The van der Waals surface area contributed by atoms with E-state index in [-0.39, 0.29) is 27.2 Å². The van der Waals surface area contributed by atoms with Gasteiger partial charge in [-0.25, -0.2) is 8.42 Å². The predicted molar refractivity (Wildman–Crippen MR) is 125 cm³/mol. The summed E-state index contributed by atoms with van der Waals surface area (Å²) < 4.78 is 27.7. The first-order valence-electron chi connectivity index (χ1n) is 9.22. The number of carbonyl (C=O) groups is 1. The minimum atomic E-state index is -4.05. The van der Waals surface area contributed by atoms with Crippen molar-refractivity contribution in [1.29, 1.82) is 0 Å². The average Bonchev–Trinajstić information content (AvgIpc) is 2.71. The van der Waals surface area contributed by atoms with Crippen LogP contribution in [-0.4, -0.2) is 20.9 Å². The molecule has 0 aliphatic heterocycles. The van der Waals surface area contributed by atoms with Gasteiger partial charge in [-0.05, 0) is 55.0 Å². The van der Waals surface area contributed by atoms with E-state index in [4.69, 9.17) is 34.8 Å². The SMILES string of the molecule is Cc1ccc(S(=O)(=O)N(CC(=O)NCc2ccc(Cl)cc2)c2cc(Cl)cc(Cl)c2)cc1. The highest BCUT2D eigenvalue weighted by atomic mass is 35.5. The molecule has 0 spiro atoms. The van der Waals surface area contributed by atoms with Crippen molar-refractivity contribution in [3.8, 4) is 0 Å². The number of benzene rings is 3. The van der Waals surface area contributed by atoms with Gasteiger partial charge in [0.25, 0.3) is 10.0 Å². The summed E-state index contributed by atoms with van der Waals surface area (Å²) in [6, 6.07) is 17.7. The minimum Gasteiger partial charge on any atom is -0.350 e. The summed E-state index contributed by atoms with van der Waals surface area (Å²) >= 11 is 18.0. The van der Waals surface area contributed by atoms with Gasteiger partial charge in [0.2, 0.25) is 5.91 Å². The fourth-order valence-electron chi connectivity index (χ4n) is 2.83. The third kappa shape index (κ3) is 6.14. The zero-order valence-electron chi connectivity index (χ0n) is 16.5. The van der Waals surface area contributed by atoms with E-state index in [0.29, 0.717) is 5.02 Å². The Hall–Kier alpha value is -2.25. The van der Waals surface area contributed by atoms with Gasteiger partial charge in [-0.15, -0.1) is 0 Å². The minimum absolute atomic E-state index is 0.0553. The molecule has 0 radical (unpaired) electrons. The van der Waals surface area contributed by atoms with E-state index in [1.807, 2.05) is 6.92 Å². The summed E-state index contributed by atoms with van der Waals surface area (Å²) in [6.07, 6.45) is 0. The lowest BCUT2D eigenvalue weighted by atomic mass is 10.2. The number of aryl methyl sites for hydroxylation is 1. The molecule has 5 nitrogen and oxygen atoms in total. The van der Waals surface area contributed by atoms with Crippen LogP contribution < -0.4 is 9.62 Å². The van der Waals surface area contributed by atoms with Crippen molar-refractivity contribution in [2.45, 2.75) is 18.4 Å². The number of carbonyl (C=O) groups excluding carboxylic acids is 1. The molecule has 0 saturated carbocycles. The molecule has 1 N–H and O–H groups in total. The molecule has 3 rings (SSSR count). The van der Waals surface area contributed by atoms with Crippen molar-refractivity contribution in [2.75, 3.05) is 10.8 Å². The van der Waals surface area contributed by atoms with Crippen molar-refractivity contribution in [3.63, 3.8) is 0 Å². The highest BCUT2D eigenvalue weighted by Gasteiger charge is 2.27. The fourth-order valence-corrected chi connectivity index (χ4v) is 4.87. The molecule has 1 amide bonds. The molecule has 0 fully saturated rings. The summed E-state index contributed by atoms with van der Waals surface area (Å²) in [6.45, 7) is 1.64. The summed E-state index contributed by atoms with van der Waals surface area (Å²) in [5.74, 6) is -0.485. The molecule has 0 unspecified atom stereocenters. The van der Waals surface area contributed by atoms with Crippen LogP contribution >= 0.6 is 34.8 Å². The van der Waals surface area contributed by atoms with Gasteiger partial charge >= 0.3 is 0 Å². The smallest absolute Gasteiger partial charge is 0.264 e. The van der Waals surface area contributed by atoms with Crippen molar-refractivity contribution >= 4 is 56.4 Å². The molecule has 162 valence electrons. The Bertz CT molecular complexity index is 1160. The maximum Gasteiger partial charge on any atom is 0.264 e. The molecule has 0 saturated heterocycles. The lowest BCUT2D eigenvalue weighted by Crippen LogP contribution is -2.40. The number of anilines is 1. The number of hydrogen-bond donors (Lipinski definition) is 1. The second kappa shape index (κ2) is 9.92. The fraction of sp³-hybridized carbons (Fsp3) is 0.136. The van der Waals surface area contributed by atoms with Crippen LogP contribution in [0, 0.1) is 6.92 Å². The first-order valence-corrected chi connectivity index (χ1v) is 11.8. The lowest BCUT2D eigenvalue weighted by Gasteiger charge is -2.24.